The highest BCUT2D eigenvalue weighted by Crippen LogP contribution is 2.28. The van der Waals surface area contributed by atoms with Crippen molar-refractivity contribution in [1.29, 1.82) is 0 Å². The molecule has 1 aromatic heterocycles. The monoisotopic (exact) mass is 295 g/mol. The second-order valence-electron chi connectivity index (χ2n) is 5.20. The molecule has 2 N–H and O–H groups in total. The summed E-state index contributed by atoms with van der Waals surface area (Å²) < 4.78 is 0. The summed E-state index contributed by atoms with van der Waals surface area (Å²) in [5, 5.41) is 17.0. The van der Waals surface area contributed by atoms with Crippen molar-refractivity contribution in [2.75, 3.05) is 58.0 Å². The molecular weight excluding hydrogens is 274 g/mol. The van der Waals surface area contributed by atoms with Gasteiger partial charge in [0.15, 0.2) is 0 Å². The summed E-state index contributed by atoms with van der Waals surface area (Å²) in [7, 11) is 5.74. The van der Waals surface area contributed by atoms with Gasteiger partial charge < -0.3 is 15.5 Å². The Morgan fingerprint density at radius 2 is 2.10 bits per heavy atom. The van der Waals surface area contributed by atoms with Crippen LogP contribution < -0.4 is 10.6 Å². The molecule has 116 valence electrons. The van der Waals surface area contributed by atoms with Gasteiger partial charge in [-0.25, -0.2) is 9.97 Å². The highest BCUT2D eigenvalue weighted by Gasteiger charge is 2.25. The Bertz CT molecular complexity index is 510. The van der Waals surface area contributed by atoms with E-state index in [0.717, 1.165) is 19.6 Å². The summed E-state index contributed by atoms with van der Waals surface area (Å²) in [5.41, 5.74) is -0.119. The summed E-state index contributed by atoms with van der Waals surface area (Å²) in [6.07, 6.45) is 1.32. The molecule has 1 fully saturated rings. The smallest absolute Gasteiger partial charge is 0.353 e. The predicted octanol–water partition coefficient (Wildman–Crippen LogP) is 0.0842. The van der Waals surface area contributed by atoms with E-state index < -0.39 is 4.92 Å². The van der Waals surface area contributed by atoms with Gasteiger partial charge in [0, 0.05) is 39.3 Å². The van der Waals surface area contributed by atoms with Gasteiger partial charge in [-0.1, -0.05) is 0 Å². The Labute approximate surface area is 123 Å². The molecule has 2 rings (SSSR count). The largest absolute Gasteiger partial charge is 0.367 e. The lowest BCUT2D eigenvalue weighted by molar-refractivity contribution is -0.383. The Morgan fingerprint density at radius 1 is 1.38 bits per heavy atom. The highest BCUT2D eigenvalue weighted by molar-refractivity contribution is 5.68. The number of hydrogen-bond donors (Lipinski definition) is 2. The van der Waals surface area contributed by atoms with Gasteiger partial charge in [-0.15, -0.1) is 0 Å². The molecule has 9 nitrogen and oxygen atoms in total. The summed E-state index contributed by atoms with van der Waals surface area (Å²) in [4.78, 5) is 23.1. The third-order valence-corrected chi connectivity index (χ3v) is 3.73. The van der Waals surface area contributed by atoms with Gasteiger partial charge >= 0.3 is 5.69 Å². The van der Waals surface area contributed by atoms with Crippen LogP contribution in [0.1, 0.15) is 0 Å². The lowest BCUT2D eigenvalue weighted by atomic mass is 10.2. The molecule has 0 amide bonds. The maximum absolute atomic E-state index is 11.2. The van der Waals surface area contributed by atoms with E-state index in [2.05, 4.69) is 44.5 Å². The normalized spacial score (nSPS) is 20.2. The molecule has 1 unspecified atom stereocenters. The molecule has 1 saturated heterocycles. The lowest BCUT2D eigenvalue weighted by Crippen LogP contribution is -2.52. The number of likely N-dealkylation sites (N-methyl/N-ethyl adjacent to an activating group) is 2. The number of nitrogens with one attached hydrogen (secondary N) is 2. The first-order chi connectivity index (χ1) is 10.0. The molecule has 0 spiro atoms. The van der Waals surface area contributed by atoms with Crippen molar-refractivity contribution in [2.45, 2.75) is 6.04 Å². The van der Waals surface area contributed by atoms with Crippen LogP contribution in [-0.2, 0) is 0 Å². The quantitative estimate of drug-likeness (QED) is 0.582. The SMILES string of the molecule is CNc1ncnc(NCC2CN(C)CCN2C)c1[N+](=O)[O-]. The number of rotatable bonds is 5. The number of piperazine rings is 1. The minimum Gasteiger partial charge on any atom is -0.367 e. The van der Waals surface area contributed by atoms with Gasteiger partial charge in [-0.3, -0.25) is 15.0 Å². The number of anilines is 2. The second-order valence-corrected chi connectivity index (χ2v) is 5.20. The Kier molecular flexibility index (Phi) is 4.86. The maximum atomic E-state index is 11.2. The van der Waals surface area contributed by atoms with Crippen molar-refractivity contribution in [3.05, 3.63) is 16.4 Å². The van der Waals surface area contributed by atoms with Gasteiger partial charge in [0.1, 0.15) is 6.33 Å². The van der Waals surface area contributed by atoms with Crippen LogP contribution in [0.2, 0.25) is 0 Å². The average molecular weight is 295 g/mol. The molecule has 1 atom stereocenters. The Balaban J connectivity index is 2.11. The van der Waals surface area contributed by atoms with Crippen LogP contribution in [0.25, 0.3) is 0 Å². The van der Waals surface area contributed by atoms with Crippen LogP contribution in [0.4, 0.5) is 17.3 Å². The van der Waals surface area contributed by atoms with Crippen LogP contribution in [0.3, 0.4) is 0 Å². The molecule has 0 radical (unpaired) electrons. The fourth-order valence-corrected chi connectivity index (χ4v) is 2.40. The first kappa shape index (κ1) is 15.4. The van der Waals surface area contributed by atoms with Crippen molar-refractivity contribution >= 4 is 17.3 Å². The summed E-state index contributed by atoms with van der Waals surface area (Å²) in [5.74, 6) is 0.465. The molecule has 9 heteroatoms. The van der Waals surface area contributed by atoms with E-state index in [0.29, 0.717) is 6.54 Å². The highest BCUT2D eigenvalue weighted by atomic mass is 16.6. The molecule has 0 saturated carbocycles. The van der Waals surface area contributed by atoms with Crippen molar-refractivity contribution < 1.29 is 4.92 Å². The zero-order valence-electron chi connectivity index (χ0n) is 12.5. The average Bonchev–Trinajstić information content (AvgIpc) is 2.47. The first-order valence-electron chi connectivity index (χ1n) is 6.82. The first-order valence-corrected chi connectivity index (χ1v) is 6.82. The van der Waals surface area contributed by atoms with Gasteiger partial charge in [0.25, 0.3) is 0 Å². The summed E-state index contributed by atoms with van der Waals surface area (Å²) >= 11 is 0. The third kappa shape index (κ3) is 3.56. The molecule has 2 heterocycles. The van der Waals surface area contributed by atoms with Crippen molar-refractivity contribution in [3.63, 3.8) is 0 Å². The van der Waals surface area contributed by atoms with E-state index in [4.69, 9.17) is 0 Å². The number of nitrogens with zero attached hydrogens (tertiary/aromatic N) is 5. The fraction of sp³-hybridized carbons (Fsp3) is 0.667. The minimum absolute atomic E-state index is 0.119. The Hall–Kier alpha value is -2.00. The summed E-state index contributed by atoms with van der Waals surface area (Å²) in [6.45, 7) is 3.53. The fourth-order valence-electron chi connectivity index (χ4n) is 2.40. The molecule has 0 aromatic carbocycles. The molecule has 1 aliphatic heterocycles. The van der Waals surface area contributed by atoms with Gasteiger partial charge in [-0.2, -0.15) is 0 Å². The topological polar surface area (TPSA) is 99.5 Å². The minimum atomic E-state index is -0.467. The zero-order valence-corrected chi connectivity index (χ0v) is 12.5. The third-order valence-electron chi connectivity index (χ3n) is 3.73. The molecule has 0 bridgehead atoms. The summed E-state index contributed by atoms with van der Waals surface area (Å²) in [6, 6.07) is 0.288. The molecule has 0 aliphatic carbocycles. The van der Waals surface area contributed by atoms with Crippen LogP contribution in [0, 0.1) is 10.1 Å². The zero-order chi connectivity index (χ0) is 15.4. The molecular formula is C12H21N7O2. The van der Waals surface area contributed by atoms with Crippen molar-refractivity contribution in [1.82, 2.24) is 19.8 Å². The lowest BCUT2D eigenvalue weighted by Gasteiger charge is -2.37. The van der Waals surface area contributed by atoms with Gasteiger partial charge in [0.2, 0.25) is 11.6 Å². The standard InChI is InChI=1S/C12H21N7O2/c1-13-11-10(19(20)21)12(16-8-15-11)14-6-9-7-17(2)4-5-18(9)3/h8-9H,4-7H2,1-3H3,(H2,13,14,15,16). The van der Waals surface area contributed by atoms with Crippen molar-refractivity contribution in [2.24, 2.45) is 0 Å². The van der Waals surface area contributed by atoms with E-state index in [1.807, 2.05) is 0 Å². The van der Waals surface area contributed by atoms with E-state index in [-0.39, 0.29) is 23.4 Å². The van der Waals surface area contributed by atoms with E-state index >= 15 is 0 Å². The van der Waals surface area contributed by atoms with Crippen LogP contribution in [0.5, 0.6) is 0 Å². The maximum Gasteiger partial charge on any atom is 0.353 e. The number of hydrogen-bond acceptors (Lipinski definition) is 8. The van der Waals surface area contributed by atoms with Crippen molar-refractivity contribution in [3.8, 4) is 0 Å². The predicted molar refractivity (Wildman–Crippen MR) is 80.6 cm³/mol. The van der Waals surface area contributed by atoms with Crippen LogP contribution in [-0.4, -0.2) is 78.1 Å². The number of nitro groups is 1. The van der Waals surface area contributed by atoms with E-state index in [1.165, 1.54) is 6.33 Å². The van der Waals surface area contributed by atoms with Gasteiger partial charge in [-0.05, 0) is 14.1 Å². The number of aromatic nitrogens is 2. The van der Waals surface area contributed by atoms with E-state index in [1.54, 1.807) is 7.05 Å². The van der Waals surface area contributed by atoms with Crippen LogP contribution >= 0.6 is 0 Å². The second kappa shape index (κ2) is 6.64. The molecule has 21 heavy (non-hydrogen) atoms. The van der Waals surface area contributed by atoms with Crippen LogP contribution in [0.15, 0.2) is 6.33 Å². The molecule has 1 aromatic rings. The molecule has 1 aliphatic rings. The van der Waals surface area contributed by atoms with E-state index in [9.17, 15) is 10.1 Å². The van der Waals surface area contributed by atoms with Gasteiger partial charge in [0.05, 0.1) is 4.92 Å². The Morgan fingerprint density at radius 3 is 2.76 bits per heavy atom.